The molecule has 0 aliphatic heterocycles. The molecule has 0 atom stereocenters. The fourth-order valence-electron chi connectivity index (χ4n) is 2.33. The third-order valence-electron chi connectivity index (χ3n) is 3.34. The molecule has 1 N–H and O–H groups in total. The van der Waals surface area contributed by atoms with Gasteiger partial charge in [-0.15, -0.1) is 0 Å². The van der Waals surface area contributed by atoms with Crippen LogP contribution in [0.3, 0.4) is 0 Å². The van der Waals surface area contributed by atoms with E-state index in [2.05, 4.69) is 53.8 Å². The van der Waals surface area contributed by atoms with Gasteiger partial charge >= 0.3 is 0 Å². The standard InChI is InChI=1S/C18H16ClNS/c1-20-12-15-10-16(19)7-9-18(15)21-17-8-6-13-4-2-3-5-14(13)11-17/h2-11,20H,12H2,1H3. The van der Waals surface area contributed by atoms with Crippen molar-refractivity contribution in [1.82, 2.24) is 5.32 Å². The van der Waals surface area contributed by atoms with Crippen molar-refractivity contribution in [2.45, 2.75) is 16.3 Å². The van der Waals surface area contributed by atoms with E-state index in [1.54, 1.807) is 11.8 Å². The second-order valence-electron chi connectivity index (χ2n) is 4.89. The molecule has 0 spiro atoms. The molecule has 0 saturated heterocycles. The van der Waals surface area contributed by atoms with E-state index in [4.69, 9.17) is 11.6 Å². The van der Waals surface area contributed by atoms with Gasteiger partial charge in [0, 0.05) is 21.4 Å². The SMILES string of the molecule is CNCc1cc(Cl)ccc1Sc1ccc2ccccc2c1. The van der Waals surface area contributed by atoms with E-state index < -0.39 is 0 Å². The quantitative estimate of drug-likeness (QED) is 0.695. The van der Waals surface area contributed by atoms with Gasteiger partial charge in [-0.05, 0) is 53.7 Å². The van der Waals surface area contributed by atoms with Crippen LogP contribution in [0.4, 0.5) is 0 Å². The number of hydrogen-bond donors (Lipinski definition) is 1. The molecule has 0 saturated carbocycles. The first-order valence-corrected chi connectivity index (χ1v) is 8.05. The summed E-state index contributed by atoms with van der Waals surface area (Å²) >= 11 is 7.88. The van der Waals surface area contributed by atoms with Crippen LogP contribution in [0.15, 0.2) is 70.5 Å². The molecule has 0 bridgehead atoms. The summed E-state index contributed by atoms with van der Waals surface area (Å²) in [5, 5.41) is 6.52. The monoisotopic (exact) mass is 313 g/mol. The lowest BCUT2D eigenvalue weighted by molar-refractivity contribution is 0.803. The predicted molar refractivity (Wildman–Crippen MR) is 92.3 cm³/mol. The topological polar surface area (TPSA) is 12.0 Å². The van der Waals surface area contributed by atoms with E-state index in [1.165, 1.54) is 26.1 Å². The molecule has 0 radical (unpaired) electrons. The molecule has 3 heteroatoms. The van der Waals surface area contributed by atoms with Gasteiger partial charge in [-0.25, -0.2) is 0 Å². The van der Waals surface area contributed by atoms with Crippen molar-refractivity contribution in [3.05, 3.63) is 71.2 Å². The van der Waals surface area contributed by atoms with Crippen LogP contribution >= 0.6 is 23.4 Å². The normalized spacial score (nSPS) is 11.0. The summed E-state index contributed by atoms with van der Waals surface area (Å²) < 4.78 is 0. The number of halogens is 1. The summed E-state index contributed by atoms with van der Waals surface area (Å²) in [6.45, 7) is 0.816. The van der Waals surface area contributed by atoms with Crippen LogP contribution in [0.1, 0.15) is 5.56 Å². The van der Waals surface area contributed by atoms with Crippen molar-refractivity contribution in [3.8, 4) is 0 Å². The first-order chi connectivity index (χ1) is 10.3. The molecule has 0 aliphatic rings. The van der Waals surface area contributed by atoms with Crippen molar-refractivity contribution in [2.75, 3.05) is 7.05 Å². The first-order valence-electron chi connectivity index (χ1n) is 6.86. The second-order valence-corrected chi connectivity index (χ2v) is 6.45. The minimum atomic E-state index is 0.781. The van der Waals surface area contributed by atoms with Crippen molar-refractivity contribution in [2.24, 2.45) is 0 Å². The maximum absolute atomic E-state index is 6.10. The van der Waals surface area contributed by atoms with E-state index in [0.717, 1.165) is 11.6 Å². The van der Waals surface area contributed by atoms with Gasteiger partial charge in [0.05, 0.1) is 0 Å². The van der Waals surface area contributed by atoms with E-state index in [-0.39, 0.29) is 0 Å². The highest BCUT2D eigenvalue weighted by molar-refractivity contribution is 7.99. The van der Waals surface area contributed by atoms with Crippen molar-refractivity contribution in [1.29, 1.82) is 0 Å². The van der Waals surface area contributed by atoms with Gasteiger partial charge in [0.1, 0.15) is 0 Å². The fourth-order valence-corrected chi connectivity index (χ4v) is 3.50. The van der Waals surface area contributed by atoms with Crippen molar-refractivity contribution >= 4 is 34.1 Å². The minimum absolute atomic E-state index is 0.781. The minimum Gasteiger partial charge on any atom is -0.316 e. The zero-order valence-electron chi connectivity index (χ0n) is 11.8. The number of nitrogens with one attached hydrogen (secondary N) is 1. The zero-order chi connectivity index (χ0) is 14.7. The van der Waals surface area contributed by atoms with Crippen LogP contribution in [0, 0.1) is 0 Å². The highest BCUT2D eigenvalue weighted by atomic mass is 35.5. The summed E-state index contributed by atoms with van der Waals surface area (Å²) in [5.41, 5.74) is 1.23. The van der Waals surface area contributed by atoms with Crippen LogP contribution in [-0.4, -0.2) is 7.05 Å². The molecule has 0 aliphatic carbocycles. The molecular weight excluding hydrogens is 298 g/mol. The van der Waals surface area contributed by atoms with E-state index in [0.29, 0.717) is 0 Å². The van der Waals surface area contributed by atoms with E-state index >= 15 is 0 Å². The van der Waals surface area contributed by atoms with Crippen LogP contribution < -0.4 is 5.32 Å². The Balaban J connectivity index is 1.94. The Hall–Kier alpha value is -1.48. The van der Waals surface area contributed by atoms with Gasteiger partial charge in [-0.2, -0.15) is 0 Å². The van der Waals surface area contributed by atoms with Gasteiger partial charge in [-0.3, -0.25) is 0 Å². The van der Waals surface area contributed by atoms with Gasteiger partial charge < -0.3 is 5.32 Å². The van der Waals surface area contributed by atoms with Crippen molar-refractivity contribution < 1.29 is 0 Å². The molecule has 1 nitrogen and oxygen atoms in total. The average molecular weight is 314 g/mol. The highest BCUT2D eigenvalue weighted by Gasteiger charge is 2.06. The molecule has 3 aromatic carbocycles. The highest BCUT2D eigenvalue weighted by Crippen LogP contribution is 2.33. The lowest BCUT2D eigenvalue weighted by Gasteiger charge is -2.10. The van der Waals surface area contributed by atoms with Crippen LogP contribution in [-0.2, 0) is 6.54 Å². The van der Waals surface area contributed by atoms with Crippen LogP contribution in [0.2, 0.25) is 5.02 Å². The van der Waals surface area contributed by atoms with Gasteiger partial charge in [0.25, 0.3) is 0 Å². The molecule has 0 heterocycles. The molecule has 21 heavy (non-hydrogen) atoms. The van der Waals surface area contributed by atoms with Crippen LogP contribution in [0.25, 0.3) is 10.8 Å². The van der Waals surface area contributed by atoms with Gasteiger partial charge in [0.15, 0.2) is 0 Å². The van der Waals surface area contributed by atoms with Gasteiger partial charge in [0.2, 0.25) is 0 Å². The van der Waals surface area contributed by atoms with Crippen LogP contribution in [0.5, 0.6) is 0 Å². The molecule has 3 rings (SSSR count). The molecule has 3 aromatic rings. The predicted octanol–water partition coefficient (Wildman–Crippen LogP) is 5.36. The average Bonchev–Trinajstić information content (AvgIpc) is 2.50. The summed E-state index contributed by atoms with van der Waals surface area (Å²) in [6, 6.07) is 21.1. The number of rotatable bonds is 4. The Labute approximate surface area is 134 Å². The Kier molecular flexibility index (Phi) is 4.49. The Morgan fingerprint density at radius 3 is 2.57 bits per heavy atom. The molecule has 0 amide bonds. The summed E-state index contributed by atoms with van der Waals surface area (Å²) in [4.78, 5) is 2.48. The second kappa shape index (κ2) is 6.52. The molecule has 0 fully saturated rings. The van der Waals surface area contributed by atoms with E-state index in [9.17, 15) is 0 Å². The maximum atomic E-state index is 6.10. The zero-order valence-corrected chi connectivity index (χ0v) is 13.3. The fraction of sp³-hybridized carbons (Fsp3) is 0.111. The first kappa shape index (κ1) is 14.5. The molecular formula is C18H16ClNS. The molecule has 0 unspecified atom stereocenters. The Morgan fingerprint density at radius 1 is 0.952 bits per heavy atom. The van der Waals surface area contributed by atoms with E-state index in [1.807, 2.05) is 19.2 Å². The maximum Gasteiger partial charge on any atom is 0.0410 e. The molecule has 0 aromatic heterocycles. The number of hydrogen-bond acceptors (Lipinski definition) is 2. The summed E-state index contributed by atoms with van der Waals surface area (Å²) in [7, 11) is 1.95. The Bertz CT molecular complexity index is 770. The van der Waals surface area contributed by atoms with Crippen molar-refractivity contribution in [3.63, 3.8) is 0 Å². The van der Waals surface area contributed by atoms with Gasteiger partial charge in [-0.1, -0.05) is 53.7 Å². The largest absolute Gasteiger partial charge is 0.316 e. The number of benzene rings is 3. The Morgan fingerprint density at radius 2 is 1.76 bits per heavy atom. The smallest absolute Gasteiger partial charge is 0.0410 e. The lowest BCUT2D eigenvalue weighted by atomic mass is 10.1. The summed E-state index contributed by atoms with van der Waals surface area (Å²) in [6.07, 6.45) is 0. The molecule has 106 valence electrons. The lowest BCUT2D eigenvalue weighted by Crippen LogP contribution is -2.06. The number of fused-ring (bicyclic) bond motifs is 1. The third-order valence-corrected chi connectivity index (χ3v) is 4.68. The third kappa shape index (κ3) is 3.41. The summed E-state index contributed by atoms with van der Waals surface area (Å²) in [5.74, 6) is 0.